The van der Waals surface area contributed by atoms with Crippen LogP contribution < -0.4 is 0 Å². The second kappa shape index (κ2) is 2.57. The van der Waals surface area contributed by atoms with Crippen LogP contribution in [0.4, 0.5) is 0 Å². The highest BCUT2D eigenvalue weighted by Crippen LogP contribution is 2.32. The Hall–Kier alpha value is -0.590. The second-order valence-corrected chi connectivity index (χ2v) is 2.85. The molecule has 2 N–H and O–H groups in total. The molecule has 2 atom stereocenters. The van der Waals surface area contributed by atoms with Crippen LogP contribution in [0, 0.1) is 11.3 Å². The fraction of sp³-hybridized carbons (Fsp3) is 0.857. The van der Waals surface area contributed by atoms with Crippen LogP contribution in [0.25, 0.3) is 0 Å². The normalized spacial score (nSPS) is 39.5. The summed E-state index contributed by atoms with van der Waals surface area (Å²) in [6, 6.07) is 1.87. The highest BCUT2D eigenvalue weighted by molar-refractivity contribution is 4.98. The van der Waals surface area contributed by atoms with Gasteiger partial charge in [0.05, 0.1) is 18.6 Å². The third kappa shape index (κ3) is 1.13. The molecular weight excluding hydrogens is 130 g/mol. The van der Waals surface area contributed by atoms with Gasteiger partial charge in [0.25, 0.3) is 0 Å². The van der Waals surface area contributed by atoms with E-state index in [2.05, 4.69) is 0 Å². The molecule has 0 radical (unpaired) electrons. The van der Waals surface area contributed by atoms with E-state index in [9.17, 15) is 10.2 Å². The monoisotopic (exact) mass is 141 g/mol. The van der Waals surface area contributed by atoms with Gasteiger partial charge in [0, 0.05) is 0 Å². The highest BCUT2D eigenvalue weighted by atomic mass is 16.3. The predicted octanol–water partition coefficient (Wildman–Crippen LogP) is 0.176. The van der Waals surface area contributed by atoms with Gasteiger partial charge in [0.15, 0.2) is 0 Å². The third-order valence-electron chi connectivity index (χ3n) is 2.09. The lowest BCUT2D eigenvalue weighted by molar-refractivity contribution is -0.0490. The first-order valence-electron chi connectivity index (χ1n) is 3.46. The van der Waals surface area contributed by atoms with Gasteiger partial charge in [-0.1, -0.05) is 0 Å². The Kier molecular flexibility index (Phi) is 1.93. The van der Waals surface area contributed by atoms with Crippen molar-refractivity contribution in [3.63, 3.8) is 0 Å². The quantitative estimate of drug-likeness (QED) is 0.547. The van der Waals surface area contributed by atoms with Crippen LogP contribution >= 0.6 is 0 Å². The molecule has 3 nitrogen and oxygen atoms in total. The molecule has 3 heteroatoms. The van der Waals surface area contributed by atoms with Gasteiger partial charge in [-0.05, 0) is 19.3 Å². The Morgan fingerprint density at radius 1 is 1.70 bits per heavy atom. The van der Waals surface area contributed by atoms with Crippen molar-refractivity contribution in [2.45, 2.75) is 37.4 Å². The van der Waals surface area contributed by atoms with Gasteiger partial charge in [-0.3, -0.25) is 0 Å². The maximum absolute atomic E-state index is 9.49. The highest BCUT2D eigenvalue weighted by Gasteiger charge is 2.39. The van der Waals surface area contributed by atoms with Gasteiger partial charge in [0.1, 0.15) is 5.60 Å². The summed E-state index contributed by atoms with van der Waals surface area (Å²) in [5.74, 6) is 0. The van der Waals surface area contributed by atoms with Crippen molar-refractivity contribution in [1.82, 2.24) is 0 Å². The van der Waals surface area contributed by atoms with E-state index in [-0.39, 0.29) is 6.42 Å². The van der Waals surface area contributed by atoms with Crippen LogP contribution in [0.1, 0.15) is 25.7 Å². The predicted molar refractivity (Wildman–Crippen MR) is 35.0 cm³/mol. The van der Waals surface area contributed by atoms with E-state index in [1.165, 1.54) is 0 Å². The molecule has 0 saturated heterocycles. The molecule has 0 heterocycles. The maximum Gasteiger partial charge on any atom is 0.103 e. The van der Waals surface area contributed by atoms with E-state index in [0.717, 1.165) is 6.42 Å². The molecule has 1 aliphatic rings. The molecule has 56 valence electrons. The molecule has 2 unspecified atom stereocenters. The Bertz CT molecular complexity index is 163. The van der Waals surface area contributed by atoms with E-state index in [1.807, 2.05) is 6.07 Å². The summed E-state index contributed by atoms with van der Waals surface area (Å²) >= 11 is 0. The molecule has 0 spiro atoms. The van der Waals surface area contributed by atoms with E-state index < -0.39 is 11.7 Å². The van der Waals surface area contributed by atoms with Crippen molar-refractivity contribution < 1.29 is 10.2 Å². The number of hydrogen-bond acceptors (Lipinski definition) is 3. The Morgan fingerprint density at radius 3 is 2.80 bits per heavy atom. The minimum absolute atomic E-state index is 0.0498. The molecule has 1 fully saturated rings. The smallest absolute Gasteiger partial charge is 0.103 e. The minimum Gasteiger partial charge on any atom is -0.390 e. The zero-order valence-corrected chi connectivity index (χ0v) is 5.75. The van der Waals surface area contributed by atoms with Crippen molar-refractivity contribution in [2.24, 2.45) is 0 Å². The van der Waals surface area contributed by atoms with Crippen molar-refractivity contribution in [1.29, 1.82) is 5.26 Å². The first-order chi connectivity index (χ1) is 4.69. The van der Waals surface area contributed by atoms with E-state index >= 15 is 0 Å². The topological polar surface area (TPSA) is 64.2 Å². The minimum atomic E-state index is -1.10. The average molecular weight is 141 g/mol. The van der Waals surface area contributed by atoms with Crippen molar-refractivity contribution >= 4 is 0 Å². The van der Waals surface area contributed by atoms with Crippen LogP contribution in [0.2, 0.25) is 0 Å². The van der Waals surface area contributed by atoms with Gasteiger partial charge in [-0.15, -0.1) is 0 Å². The molecule has 0 aromatic carbocycles. The summed E-state index contributed by atoms with van der Waals surface area (Å²) in [5.41, 5.74) is -1.10. The zero-order valence-electron chi connectivity index (χ0n) is 5.75. The van der Waals surface area contributed by atoms with E-state index in [1.54, 1.807) is 0 Å². The van der Waals surface area contributed by atoms with Crippen molar-refractivity contribution in [3.8, 4) is 6.07 Å². The molecule has 1 aliphatic carbocycles. The lowest BCUT2D eigenvalue weighted by atomic mass is 9.97. The number of aliphatic hydroxyl groups excluding tert-OH is 1. The molecule has 1 saturated carbocycles. The third-order valence-corrected chi connectivity index (χ3v) is 2.09. The van der Waals surface area contributed by atoms with Gasteiger partial charge < -0.3 is 10.2 Å². The van der Waals surface area contributed by atoms with Gasteiger partial charge in [-0.25, -0.2) is 0 Å². The molecular formula is C7H11NO2. The number of nitrogens with zero attached hydrogens (tertiary/aromatic N) is 1. The van der Waals surface area contributed by atoms with E-state index in [0.29, 0.717) is 12.8 Å². The lowest BCUT2D eigenvalue weighted by Crippen LogP contribution is -2.36. The molecule has 10 heavy (non-hydrogen) atoms. The lowest BCUT2D eigenvalue weighted by Gasteiger charge is -2.22. The standard InChI is InChI=1S/C7H11NO2/c8-5-4-7(10)3-1-2-6(7)9/h6,9-10H,1-4H2. The summed E-state index contributed by atoms with van der Waals surface area (Å²) in [6.45, 7) is 0. The first-order valence-corrected chi connectivity index (χ1v) is 3.46. The summed E-state index contributed by atoms with van der Waals surface area (Å²) in [5, 5.41) is 27.0. The number of hydrogen-bond donors (Lipinski definition) is 2. The summed E-state index contributed by atoms with van der Waals surface area (Å²) in [6.07, 6.45) is 1.36. The van der Waals surface area contributed by atoms with Crippen LogP contribution in [-0.2, 0) is 0 Å². The van der Waals surface area contributed by atoms with Crippen LogP contribution in [0.3, 0.4) is 0 Å². The fourth-order valence-electron chi connectivity index (χ4n) is 1.38. The number of nitriles is 1. The molecule has 0 amide bonds. The van der Waals surface area contributed by atoms with Crippen molar-refractivity contribution in [2.75, 3.05) is 0 Å². The molecule has 0 aromatic heterocycles. The van der Waals surface area contributed by atoms with Gasteiger partial charge in [0.2, 0.25) is 0 Å². The number of aliphatic hydroxyl groups is 2. The molecule has 0 aromatic rings. The van der Waals surface area contributed by atoms with Crippen LogP contribution in [-0.4, -0.2) is 21.9 Å². The molecule has 0 aliphatic heterocycles. The molecule has 0 bridgehead atoms. The molecule has 1 rings (SSSR count). The first kappa shape index (κ1) is 7.52. The van der Waals surface area contributed by atoms with Crippen molar-refractivity contribution in [3.05, 3.63) is 0 Å². The van der Waals surface area contributed by atoms with Crippen LogP contribution in [0.15, 0.2) is 0 Å². The summed E-state index contributed by atoms with van der Waals surface area (Å²) < 4.78 is 0. The fourth-order valence-corrected chi connectivity index (χ4v) is 1.38. The summed E-state index contributed by atoms with van der Waals surface area (Å²) in [4.78, 5) is 0. The summed E-state index contributed by atoms with van der Waals surface area (Å²) in [7, 11) is 0. The van der Waals surface area contributed by atoms with E-state index in [4.69, 9.17) is 5.26 Å². The Labute approximate surface area is 59.9 Å². The Balaban J connectivity index is 2.58. The SMILES string of the molecule is N#CCC1(O)CCCC1O. The zero-order chi connectivity index (χ0) is 7.61. The Morgan fingerprint density at radius 2 is 2.40 bits per heavy atom. The second-order valence-electron chi connectivity index (χ2n) is 2.85. The van der Waals surface area contributed by atoms with Gasteiger partial charge in [-0.2, -0.15) is 5.26 Å². The van der Waals surface area contributed by atoms with Gasteiger partial charge >= 0.3 is 0 Å². The average Bonchev–Trinajstić information content (AvgIpc) is 2.15. The number of rotatable bonds is 1. The van der Waals surface area contributed by atoms with Crippen LogP contribution in [0.5, 0.6) is 0 Å². The largest absolute Gasteiger partial charge is 0.390 e. The maximum atomic E-state index is 9.49.